The normalized spacial score (nSPS) is 17.8. The smallest absolute Gasteiger partial charge is 0.295 e. The van der Waals surface area contributed by atoms with Crippen LogP contribution in [0.4, 0.5) is 0 Å². The average molecular weight is 444 g/mol. The molecule has 0 bridgehead atoms. The largest absolute Gasteiger partial charge is 0.507 e. The minimum Gasteiger partial charge on any atom is -0.507 e. The van der Waals surface area contributed by atoms with Gasteiger partial charge in [0.05, 0.1) is 29.9 Å². The number of rotatable bonds is 8. The van der Waals surface area contributed by atoms with Gasteiger partial charge in [-0.3, -0.25) is 9.59 Å². The molecule has 1 heterocycles. The number of carbonyl (C=O) groups is 2. The summed E-state index contributed by atoms with van der Waals surface area (Å²) in [6.07, 6.45) is 0.677. The highest BCUT2D eigenvalue weighted by Gasteiger charge is 2.45. The number of hydrogen-bond donors (Lipinski definition) is 1. The molecule has 0 saturated carbocycles. The van der Waals surface area contributed by atoms with Crippen LogP contribution in [0, 0.1) is 0 Å². The number of nitrogens with zero attached hydrogens (tertiary/aromatic N) is 1. The molecule has 0 aromatic heterocycles. The highest BCUT2D eigenvalue weighted by Crippen LogP contribution is 2.40. The molecule has 1 unspecified atom stereocenters. The Kier molecular flexibility index (Phi) is 7.23. The number of ether oxygens (including phenoxy) is 2. The summed E-state index contributed by atoms with van der Waals surface area (Å²) in [7, 11) is 0. The van der Waals surface area contributed by atoms with Gasteiger partial charge in [0.25, 0.3) is 11.7 Å². The van der Waals surface area contributed by atoms with E-state index in [-0.39, 0.29) is 11.3 Å². The third kappa shape index (κ3) is 4.54. The number of benzene rings is 2. The molecule has 3 rings (SSSR count). The van der Waals surface area contributed by atoms with Crippen molar-refractivity contribution in [3.8, 4) is 11.5 Å². The zero-order valence-electron chi connectivity index (χ0n) is 17.9. The number of Topliss-reactive ketones (excluding diaryl/α,β-unsaturated/α-hetero) is 1. The lowest BCUT2D eigenvalue weighted by atomic mass is 9.95. The van der Waals surface area contributed by atoms with Crippen LogP contribution in [-0.2, 0) is 9.59 Å². The van der Waals surface area contributed by atoms with E-state index in [4.69, 9.17) is 21.1 Å². The number of likely N-dealkylation sites (tertiary alicyclic amines) is 1. The third-order valence-corrected chi connectivity index (χ3v) is 5.33. The molecule has 1 aliphatic rings. The maximum absolute atomic E-state index is 12.9. The molecule has 0 spiro atoms. The van der Waals surface area contributed by atoms with E-state index in [1.165, 1.54) is 4.90 Å². The van der Waals surface area contributed by atoms with E-state index in [1.807, 2.05) is 32.9 Å². The lowest BCUT2D eigenvalue weighted by molar-refractivity contribution is -0.139. The molecule has 164 valence electrons. The number of carbonyl (C=O) groups excluding carboxylic acids is 2. The van der Waals surface area contributed by atoms with Gasteiger partial charge in [-0.05, 0) is 56.2 Å². The van der Waals surface area contributed by atoms with Crippen LogP contribution in [0.5, 0.6) is 11.5 Å². The molecule has 2 aromatic carbocycles. The fourth-order valence-electron chi connectivity index (χ4n) is 3.68. The van der Waals surface area contributed by atoms with Crippen molar-refractivity contribution in [1.82, 2.24) is 4.90 Å². The Hall–Kier alpha value is -2.99. The second-order valence-corrected chi connectivity index (χ2v) is 7.48. The van der Waals surface area contributed by atoms with Crippen molar-refractivity contribution in [2.75, 3.05) is 19.8 Å². The first-order valence-electron chi connectivity index (χ1n) is 10.4. The van der Waals surface area contributed by atoms with E-state index < -0.39 is 17.7 Å². The van der Waals surface area contributed by atoms with Crippen molar-refractivity contribution in [3.63, 3.8) is 0 Å². The predicted molar refractivity (Wildman–Crippen MR) is 120 cm³/mol. The molecule has 6 nitrogen and oxygen atoms in total. The topological polar surface area (TPSA) is 76.1 Å². The van der Waals surface area contributed by atoms with Gasteiger partial charge in [-0.15, -0.1) is 0 Å². The maximum atomic E-state index is 12.9. The van der Waals surface area contributed by atoms with Crippen molar-refractivity contribution in [2.24, 2.45) is 0 Å². The Balaban J connectivity index is 2.13. The summed E-state index contributed by atoms with van der Waals surface area (Å²) < 4.78 is 11.0. The van der Waals surface area contributed by atoms with Crippen LogP contribution in [0.2, 0.25) is 5.02 Å². The van der Waals surface area contributed by atoms with Gasteiger partial charge in [-0.1, -0.05) is 30.7 Å². The van der Waals surface area contributed by atoms with Crippen LogP contribution >= 0.6 is 11.6 Å². The van der Waals surface area contributed by atoms with E-state index >= 15 is 0 Å². The molecule has 0 radical (unpaired) electrons. The highest BCUT2D eigenvalue weighted by molar-refractivity contribution is 6.46. The molecule has 2 aromatic rings. The van der Waals surface area contributed by atoms with E-state index in [2.05, 4.69) is 0 Å². The van der Waals surface area contributed by atoms with Gasteiger partial charge in [0.15, 0.2) is 0 Å². The Bertz CT molecular complexity index is 1000. The number of amides is 1. The first-order valence-corrected chi connectivity index (χ1v) is 10.7. The maximum Gasteiger partial charge on any atom is 0.295 e. The van der Waals surface area contributed by atoms with Crippen molar-refractivity contribution >= 4 is 29.1 Å². The summed E-state index contributed by atoms with van der Waals surface area (Å²) in [6.45, 7) is 6.98. The number of aliphatic hydroxyl groups is 1. The van der Waals surface area contributed by atoms with Gasteiger partial charge < -0.3 is 19.5 Å². The fraction of sp³-hybridized carbons (Fsp3) is 0.333. The van der Waals surface area contributed by atoms with Gasteiger partial charge in [0, 0.05) is 12.1 Å². The Labute approximate surface area is 187 Å². The van der Waals surface area contributed by atoms with Gasteiger partial charge in [-0.2, -0.15) is 0 Å². The summed E-state index contributed by atoms with van der Waals surface area (Å²) in [5, 5.41) is 11.5. The molecule has 7 heteroatoms. The Morgan fingerprint density at radius 3 is 2.32 bits per heavy atom. The van der Waals surface area contributed by atoms with E-state index in [0.717, 1.165) is 5.56 Å². The van der Waals surface area contributed by atoms with E-state index in [1.54, 1.807) is 30.3 Å². The van der Waals surface area contributed by atoms with Gasteiger partial charge in [-0.25, -0.2) is 0 Å². The SMILES string of the molecule is CCCN1C(=O)C(=O)/C(=C(\O)c2ccc(Cl)c(OCC)c2)C1c1ccc(OCC)cc1. The molecule has 1 aliphatic heterocycles. The molecular weight excluding hydrogens is 418 g/mol. The minimum atomic E-state index is -0.710. The van der Waals surface area contributed by atoms with Crippen molar-refractivity contribution < 1.29 is 24.2 Å². The average Bonchev–Trinajstić information content (AvgIpc) is 3.01. The van der Waals surface area contributed by atoms with Crippen LogP contribution in [-0.4, -0.2) is 41.5 Å². The van der Waals surface area contributed by atoms with Gasteiger partial charge in [0.1, 0.15) is 17.3 Å². The van der Waals surface area contributed by atoms with Crippen molar-refractivity contribution in [3.05, 3.63) is 64.2 Å². The zero-order valence-corrected chi connectivity index (χ0v) is 18.6. The summed E-state index contributed by atoms with van der Waals surface area (Å²) in [5.41, 5.74) is 1.13. The molecule has 31 heavy (non-hydrogen) atoms. The molecule has 1 fully saturated rings. The number of halogens is 1. The molecule has 1 atom stereocenters. The van der Waals surface area contributed by atoms with Crippen molar-refractivity contribution in [1.29, 1.82) is 0 Å². The standard InChI is InChI=1S/C24H26ClNO5/c1-4-13-26-21(15-7-10-17(11-8-15)30-5-2)20(23(28)24(26)29)22(27)16-9-12-18(25)19(14-16)31-6-3/h7-12,14,21,27H,4-6,13H2,1-3H3/b22-20-. The molecular formula is C24H26ClNO5. The van der Waals surface area contributed by atoms with Crippen LogP contribution in [0.25, 0.3) is 5.76 Å². The second-order valence-electron chi connectivity index (χ2n) is 7.07. The number of ketones is 1. The molecule has 1 saturated heterocycles. The highest BCUT2D eigenvalue weighted by atomic mass is 35.5. The van der Waals surface area contributed by atoms with Crippen LogP contribution in [0.3, 0.4) is 0 Å². The quantitative estimate of drug-likeness (QED) is 0.354. The van der Waals surface area contributed by atoms with Crippen molar-refractivity contribution in [2.45, 2.75) is 33.2 Å². The Morgan fingerprint density at radius 2 is 1.71 bits per heavy atom. The molecule has 1 N–H and O–H groups in total. The van der Waals surface area contributed by atoms with Crippen LogP contribution in [0.15, 0.2) is 48.0 Å². The fourth-order valence-corrected chi connectivity index (χ4v) is 3.86. The number of aliphatic hydroxyl groups excluding tert-OH is 1. The first kappa shape index (κ1) is 22.7. The van der Waals surface area contributed by atoms with Gasteiger partial charge >= 0.3 is 0 Å². The first-order chi connectivity index (χ1) is 14.9. The minimum absolute atomic E-state index is 0.0485. The van der Waals surface area contributed by atoms with Gasteiger partial charge in [0.2, 0.25) is 0 Å². The van der Waals surface area contributed by atoms with E-state index in [0.29, 0.717) is 48.3 Å². The zero-order chi connectivity index (χ0) is 22.5. The summed E-state index contributed by atoms with van der Waals surface area (Å²) >= 11 is 6.16. The third-order valence-electron chi connectivity index (χ3n) is 5.02. The van der Waals surface area contributed by atoms with Crippen LogP contribution in [0.1, 0.15) is 44.4 Å². The monoisotopic (exact) mass is 443 g/mol. The summed E-state index contributed by atoms with van der Waals surface area (Å²) in [4.78, 5) is 27.2. The lowest BCUT2D eigenvalue weighted by Gasteiger charge is -2.25. The second kappa shape index (κ2) is 9.88. The van der Waals surface area contributed by atoms with Crippen LogP contribution < -0.4 is 9.47 Å². The number of hydrogen-bond acceptors (Lipinski definition) is 5. The lowest BCUT2D eigenvalue weighted by Crippen LogP contribution is -2.30. The Morgan fingerprint density at radius 1 is 1.03 bits per heavy atom. The molecule has 0 aliphatic carbocycles. The predicted octanol–water partition coefficient (Wildman–Crippen LogP) is 4.97. The molecule has 1 amide bonds. The summed E-state index contributed by atoms with van der Waals surface area (Å²) in [6, 6.07) is 11.3. The van der Waals surface area contributed by atoms with E-state index in [9.17, 15) is 14.7 Å². The summed E-state index contributed by atoms with van der Waals surface area (Å²) in [5.74, 6) is -0.501.